The van der Waals surface area contributed by atoms with Gasteiger partial charge in [-0.05, 0) is 76.3 Å². The molecule has 6 bridgehead atoms. The van der Waals surface area contributed by atoms with Gasteiger partial charge >= 0.3 is 0 Å². The highest BCUT2D eigenvalue weighted by Crippen LogP contribution is 2.44. The Kier molecular flexibility index (Phi) is 8.83. The minimum Gasteiger partial charge on any atom is -0.390 e. The Morgan fingerprint density at radius 2 is 1.75 bits per heavy atom. The quantitative estimate of drug-likeness (QED) is 0.237. The maximum absolute atomic E-state index is 15.4. The van der Waals surface area contributed by atoms with Crippen molar-refractivity contribution in [2.24, 2.45) is 0 Å². The summed E-state index contributed by atoms with van der Waals surface area (Å²) in [6.45, 7) is 4.62. The van der Waals surface area contributed by atoms with Crippen molar-refractivity contribution in [1.29, 1.82) is 0 Å². The van der Waals surface area contributed by atoms with Gasteiger partial charge in [-0.1, -0.05) is 6.07 Å². The lowest BCUT2D eigenvalue weighted by Gasteiger charge is -2.42. The van der Waals surface area contributed by atoms with E-state index in [9.17, 15) is 14.3 Å². The van der Waals surface area contributed by atoms with Gasteiger partial charge in [-0.25, -0.2) is 27.8 Å². The van der Waals surface area contributed by atoms with Crippen molar-refractivity contribution < 1.29 is 27.8 Å². The lowest BCUT2D eigenvalue weighted by molar-refractivity contribution is -0.132. The molecule has 6 aromatic rings. The zero-order chi connectivity index (χ0) is 40.9. The van der Waals surface area contributed by atoms with E-state index in [1.165, 1.54) is 28.9 Å². The molecule has 2 unspecified atom stereocenters. The van der Waals surface area contributed by atoms with Crippen LogP contribution < -0.4 is 15.1 Å². The van der Waals surface area contributed by atoms with E-state index in [1.807, 2.05) is 41.5 Å². The summed E-state index contributed by atoms with van der Waals surface area (Å²) in [5.74, 6) is -0.0739. The molecule has 306 valence electrons. The highest BCUT2D eigenvalue weighted by molar-refractivity contribution is 5.94. The number of rotatable bonds is 4. The monoisotopic (exact) mass is 807 g/mol. The summed E-state index contributed by atoms with van der Waals surface area (Å²) in [4.78, 5) is 40.5. The van der Waals surface area contributed by atoms with Gasteiger partial charge in [-0.15, -0.1) is 0 Å². The minimum atomic E-state index is -0.838. The number of pyridine rings is 1. The molecule has 0 radical (unpaired) electrons. The van der Waals surface area contributed by atoms with Crippen LogP contribution in [0, 0.1) is 24.4 Å². The number of aliphatic hydroxyl groups is 1. The number of ether oxygens (including phenoxy) is 1. The number of nitrogens with zero attached hydrogens (tertiary/aromatic N) is 10. The van der Waals surface area contributed by atoms with Crippen molar-refractivity contribution in [2.75, 3.05) is 42.4 Å². The number of likely N-dealkylation sites (N-methyl/N-ethyl adjacent to an activating group) is 1. The van der Waals surface area contributed by atoms with Crippen LogP contribution >= 0.6 is 0 Å². The highest BCUT2D eigenvalue weighted by atomic mass is 19.1. The molecule has 2 aromatic carbocycles. The topological polar surface area (TPSA) is 143 Å². The molecule has 0 aliphatic carbocycles. The smallest absolute Gasteiger partial charge is 0.245 e. The first kappa shape index (κ1) is 37.5. The van der Waals surface area contributed by atoms with Crippen LogP contribution in [0.1, 0.15) is 44.9 Å². The predicted molar refractivity (Wildman–Crippen MR) is 215 cm³/mol. The van der Waals surface area contributed by atoms with Gasteiger partial charge in [0, 0.05) is 63.1 Å². The first-order chi connectivity index (χ1) is 28.3. The summed E-state index contributed by atoms with van der Waals surface area (Å²) in [5, 5.41) is 19.7. The maximum atomic E-state index is 15.4. The fourth-order valence-electron chi connectivity index (χ4n) is 9.94. The van der Waals surface area contributed by atoms with Crippen LogP contribution in [-0.2, 0) is 16.1 Å². The van der Waals surface area contributed by atoms with E-state index in [-0.39, 0.29) is 36.3 Å². The summed E-state index contributed by atoms with van der Waals surface area (Å²) in [7, 11) is 3.36. The average molecular weight is 808 g/mol. The Labute approximate surface area is 337 Å². The standard InChI is InChI=1S/C42H44F3N11O3/c1-22-47-33-14-24(44)12-29-32-6-5-7-36(49-32)48-25-15-35(40(57)52(3)20-28(59-4)21-53(22)37(29)33)54(19-25)38-30-18-46-56(34-11-8-23(43)13-31(34)45)39(30)51-41(50-38)55-26-9-10-27(55)17-42(2,58)16-26/h5-8,11-14,18,25-28,35,58H,9-10,15-17,19-21H2,1-4H3,(H,48,49)/t25?,26-,27+,28-,35-,42?/m0/s1. The van der Waals surface area contributed by atoms with Gasteiger partial charge in [0.2, 0.25) is 11.9 Å². The van der Waals surface area contributed by atoms with Crippen molar-refractivity contribution in [3.8, 4) is 16.9 Å². The number of halogens is 3. The first-order valence-corrected chi connectivity index (χ1v) is 20.0. The number of nitrogens with one attached hydrogen (secondary N) is 1. The second-order valence-electron chi connectivity index (χ2n) is 16.8. The van der Waals surface area contributed by atoms with Gasteiger partial charge in [-0.2, -0.15) is 15.1 Å². The fourth-order valence-corrected chi connectivity index (χ4v) is 9.94. The van der Waals surface area contributed by atoms with E-state index in [1.54, 1.807) is 25.3 Å². The zero-order valence-electron chi connectivity index (χ0n) is 33.1. The van der Waals surface area contributed by atoms with Crippen molar-refractivity contribution >= 4 is 45.6 Å². The van der Waals surface area contributed by atoms with Crippen LogP contribution in [0.4, 0.5) is 30.8 Å². The lowest BCUT2D eigenvalue weighted by Crippen LogP contribution is -2.50. The molecular formula is C42H44F3N11O3. The molecule has 10 rings (SSSR count). The predicted octanol–water partition coefficient (Wildman–Crippen LogP) is 5.38. The molecule has 4 aromatic heterocycles. The molecule has 6 atom stereocenters. The average Bonchev–Trinajstić information content (AvgIpc) is 3.95. The van der Waals surface area contributed by atoms with Crippen LogP contribution in [-0.4, -0.2) is 113 Å². The molecular weight excluding hydrogens is 764 g/mol. The molecule has 4 aliphatic rings. The number of piperidine rings is 1. The number of amides is 1. The van der Waals surface area contributed by atoms with Crippen LogP contribution in [0.5, 0.6) is 0 Å². The van der Waals surface area contributed by atoms with Gasteiger partial charge in [0.1, 0.15) is 40.8 Å². The Bertz CT molecular complexity index is 2630. The van der Waals surface area contributed by atoms with Crippen molar-refractivity contribution in [3.63, 3.8) is 0 Å². The molecule has 3 saturated heterocycles. The minimum absolute atomic E-state index is 0.0136. The number of hydrogen-bond acceptors (Lipinski definition) is 11. The van der Waals surface area contributed by atoms with Crippen molar-refractivity contribution in [2.45, 2.75) is 88.4 Å². The number of anilines is 3. The van der Waals surface area contributed by atoms with E-state index >= 15 is 8.78 Å². The third kappa shape index (κ3) is 6.41. The van der Waals surface area contributed by atoms with E-state index in [2.05, 4.69) is 20.3 Å². The number of imidazole rings is 1. The van der Waals surface area contributed by atoms with E-state index < -0.39 is 35.2 Å². The van der Waals surface area contributed by atoms with Crippen molar-refractivity contribution in [3.05, 3.63) is 78.0 Å². The van der Waals surface area contributed by atoms with Crippen LogP contribution in [0.2, 0.25) is 0 Å². The molecule has 3 fully saturated rings. The normalized spacial score (nSPS) is 25.8. The second-order valence-corrected chi connectivity index (χ2v) is 16.8. The van der Waals surface area contributed by atoms with E-state index in [0.29, 0.717) is 83.6 Å². The molecule has 0 spiro atoms. The Balaban J connectivity index is 1.11. The maximum Gasteiger partial charge on any atom is 0.245 e. The summed E-state index contributed by atoms with van der Waals surface area (Å²) in [6.07, 6.45) is 4.22. The van der Waals surface area contributed by atoms with Gasteiger partial charge in [0.25, 0.3) is 0 Å². The number of aromatic nitrogens is 7. The lowest BCUT2D eigenvalue weighted by atomic mass is 9.88. The van der Waals surface area contributed by atoms with E-state index in [4.69, 9.17) is 19.7 Å². The van der Waals surface area contributed by atoms with Gasteiger partial charge in [-0.3, -0.25) is 4.79 Å². The number of methoxy groups -OCH3 is 1. The Morgan fingerprint density at radius 1 is 0.949 bits per heavy atom. The Morgan fingerprint density at radius 3 is 2.51 bits per heavy atom. The number of carbonyl (C=O) groups is 1. The third-order valence-corrected chi connectivity index (χ3v) is 12.5. The molecule has 4 aliphatic heterocycles. The summed E-state index contributed by atoms with van der Waals surface area (Å²) in [5.41, 5.74) is 1.84. The second kappa shape index (κ2) is 13.9. The third-order valence-electron chi connectivity index (χ3n) is 12.5. The summed E-state index contributed by atoms with van der Waals surface area (Å²) >= 11 is 0. The number of carbonyl (C=O) groups excluding carboxylic acids is 1. The fraction of sp³-hybridized carbons (Fsp3) is 0.429. The number of fused-ring (bicyclic) bond motifs is 8. The molecule has 59 heavy (non-hydrogen) atoms. The number of aryl methyl sites for hydroxylation is 1. The summed E-state index contributed by atoms with van der Waals surface area (Å²) in [6, 6.07) is 10.6. The number of benzene rings is 2. The zero-order valence-corrected chi connectivity index (χ0v) is 33.1. The van der Waals surface area contributed by atoms with E-state index in [0.717, 1.165) is 24.4 Å². The molecule has 14 nitrogen and oxygen atoms in total. The highest BCUT2D eigenvalue weighted by Gasteiger charge is 2.47. The molecule has 17 heteroatoms. The largest absolute Gasteiger partial charge is 0.390 e. The Hall–Kier alpha value is -5.81. The number of hydrogen-bond donors (Lipinski definition) is 2. The van der Waals surface area contributed by atoms with Crippen LogP contribution in [0.25, 0.3) is 39.0 Å². The van der Waals surface area contributed by atoms with Gasteiger partial charge in [0.05, 0.1) is 46.6 Å². The molecule has 0 saturated carbocycles. The van der Waals surface area contributed by atoms with Crippen LogP contribution in [0.15, 0.2) is 54.7 Å². The van der Waals surface area contributed by atoms with Gasteiger partial charge < -0.3 is 34.4 Å². The van der Waals surface area contributed by atoms with Crippen molar-refractivity contribution in [1.82, 2.24) is 39.2 Å². The molecule has 1 amide bonds. The van der Waals surface area contributed by atoms with Crippen LogP contribution in [0.3, 0.4) is 0 Å². The SMILES string of the molecule is CO[C@H]1CN(C)C(=O)[C@@H]2CC(CN2c2nc(N3[C@@H]4CC[C@H]3CC(C)(O)C4)nc3c2cnn3-c2ccc(F)cc2F)Nc2cccc(n2)-c2cc(F)cc3nc(C)n(c23)C1. The molecule has 8 heterocycles. The first-order valence-electron chi connectivity index (χ1n) is 20.0. The molecule has 2 N–H and O–H groups in total. The summed E-state index contributed by atoms with van der Waals surface area (Å²) < 4.78 is 54.0. The van der Waals surface area contributed by atoms with Gasteiger partial charge in [0.15, 0.2) is 11.5 Å².